The summed E-state index contributed by atoms with van der Waals surface area (Å²) in [7, 11) is 2.72. The number of nitrogens with one attached hydrogen (secondary N) is 2. The van der Waals surface area contributed by atoms with Gasteiger partial charge in [0.15, 0.2) is 0 Å². The molecule has 0 bridgehead atoms. The molecule has 41 heavy (non-hydrogen) atoms. The maximum Gasteiger partial charge on any atom is 0.337 e. The fraction of sp³-hybridized carbons (Fsp3) is 0.375. The average Bonchev–Trinajstić information content (AvgIpc) is 2.98. The third-order valence-electron chi connectivity index (χ3n) is 6.86. The van der Waals surface area contributed by atoms with Gasteiger partial charge in [0.05, 0.1) is 37.6 Å². The van der Waals surface area contributed by atoms with Gasteiger partial charge >= 0.3 is 11.9 Å². The third kappa shape index (κ3) is 10.4. The van der Waals surface area contributed by atoms with Crippen LogP contribution < -0.4 is 10.6 Å². The highest BCUT2D eigenvalue weighted by atomic mass is 16.5. The maximum atomic E-state index is 11.6. The van der Waals surface area contributed by atoms with Crippen molar-refractivity contribution in [2.75, 3.05) is 27.3 Å². The zero-order valence-corrected chi connectivity index (χ0v) is 24.1. The van der Waals surface area contributed by atoms with E-state index in [4.69, 9.17) is 9.47 Å². The summed E-state index contributed by atoms with van der Waals surface area (Å²) in [5.41, 5.74) is 4.75. The lowest BCUT2D eigenvalue weighted by Gasteiger charge is -2.19. The molecule has 9 nitrogen and oxygen atoms in total. The molecule has 0 aliphatic rings. The zero-order valence-electron chi connectivity index (χ0n) is 24.1. The summed E-state index contributed by atoms with van der Waals surface area (Å²) in [5, 5.41) is 28.0. The summed E-state index contributed by atoms with van der Waals surface area (Å²) in [6, 6.07) is 22.2. The van der Waals surface area contributed by atoms with Crippen molar-refractivity contribution in [1.29, 1.82) is 0 Å². The van der Waals surface area contributed by atoms with Gasteiger partial charge in [-0.15, -0.1) is 0 Å². The van der Waals surface area contributed by atoms with Gasteiger partial charge in [-0.05, 0) is 73.2 Å². The van der Waals surface area contributed by atoms with Gasteiger partial charge in [0.2, 0.25) is 0 Å². The first-order valence-corrected chi connectivity index (χ1v) is 13.5. The molecule has 3 aromatic carbocycles. The van der Waals surface area contributed by atoms with Gasteiger partial charge in [0.1, 0.15) is 0 Å². The van der Waals surface area contributed by atoms with E-state index >= 15 is 0 Å². The Balaban J connectivity index is 0.00000588. The van der Waals surface area contributed by atoms with Gasteiger partial charge in [-0.2, -0.15) is 0 Å². The van der Waals surface area contributed by atoms with Crippen molar-refractivity contribution in [2.45, 2.75) is 51.0 Å². The van der Waals surface area contributed by atoms with Crippen molar-refractivity contribution >= 4 is 11.9 Å². The highest BCUT2D eigenvalue weighted by Gasteiger charge is 2.14. The topological polar surface area (TPSA) is 149 Å². The Morgan fingerprint density at radius 2 is 0.951 bits per heavy atom. The van der Waals surface area contributed by atoms with Crippen LogP contribution in [0.15, 0.2) is 72.8 Å². The Morgan fingerprint density at radius 3 is 1.24 bits per heavy atom. The smallest absolute Gasteiger partial charge is 0.337 e. The number of rotatable bonds is 14. The molecular formula is C32H42N2O7. The number of benzene rings is 3. The second-order valence-corrected chi connectivity index (χ2v) is 10.1. The fourth-order valence-electron chi connectivity index (χ4n) is 4.44. The van der Waals surface area contributed by atoms with Gasteiger partial charge < -0.3 is 35.8 Å². The molecule has 222 valence electrons. The van der Waals surface area contributed by atoms with E-state index in [0.29, 0.717) is 24.2 Å². The Kier molecular flexibility index (Phi) is 13.6. The first kappa shape index (κ1) is 33.6. The van der Waals surface area contributed by atoms with Crippen LogP contribution in [0.2, 0.25) is 0 Å². The number of hydrogen-bond donors (Lipinski definition) is 4. The first-order chi connectivity index (χ1) is 19.2. The van der Waals surface area contributed by atoms with E-state index in [0.717, 1.165) is 35.1 Å². The van der Waals surface area contributed by atoms with Crippen LogP contribution in [0.25, 0.3) is 0 Å². The summed E-state index contributed by atoms with van der Waals surface area (Å²) in [6.45, 7) is 4.88. The minimum absolute atomic E-state index is 0. The standard InChI is InChI=1S/C32H40N2O6.H2O/c1-21(17-23-5-9-27(10-6-23)31(37)39-3)33-19-29(35)25-13-15-26(16-14-25)30(36)20-34-22(2)18-24-7-11-28(12-8-24)32(38)40-4;/h5-16,21-22,29-30,33-36H,17-20H2,1-4H3;1H2. The van der Waals surface area contributed by atoms with E-state index in [2.05, 4.69) is 10.6 Å². The van der Waals surface area contributed by atoms with E-state index in [-0.39, 0.29) is 29.5 Å². The molecule has 0 aromatic heterocycles. The largest absolute Gasteiger partial charge is 0.465 e. The normalized spacial score (nSPS) is 13.8. The van der Waals surface area contributed by atoms with E-state index in [9.17, 15) is 19.8 Å². The van der Waals surface area contributed by atoms with Crippen LogP contribution >= 0.6 is 0 Å². The molecule has 0 heterocycles. The summed E-state index contributed by atoms with van der Waals surface area (Å²) in [4.78, 5) is 23.2. The highest BCUT2D eigenvalue weighted by molar-refractivity contribution is 5.89. The lowest BCUT2D eigenvalue weighted by Crippen LogP contribution is -2.32. The molecule has 0 amide bonds. The van der Waals surface area contributed by atoms with Crippen molar-refractivity contribution in [1.82, 2.24) is 10.6 Å². The van der Waals surface area contributed by atoms with Crippen molar-refractivity contribution in [2.24, 2.45) is 0 Å². The number of ether oxygens (including phenoxy) is 2. The number of esters is 2. The fourth-order valence-corrected chi connectivity index (χ4v) is 4.44. The molecule has 4 unspecified atom stereocenters. The quantitative estimate of drug-likeness (QED) is 0.218. The maximum absolute atomic E-state index is 11.6. The zero-order chi connectivity index (χ0) is 29.1. The minimum atomic E-state index is -0.681. The summed E-state index contributed by atoms with van der Waals surface area (Å²) in [5.74, 6) is -0.711. The molecular weight excluding hydrogens is 524 g/mol. The van der Waals surface area contributed by atoms with Gasteiger partial charge in [0.25, 0.3) is 0 Å². The van der Waals surface area contributed by atoms with Crippen LogP contribution in [-0.2, 0) is 22.3 Å². The number of aliphatic hydroxyl groups excluding tert-OH is 2. The van der Waals surface area contributed by atoms with Crippen LogP contribution in [0.3, 0.4) is 0 Å². The molecule has 3 rings (SSSR count). The highest BCUT2D eigenvalue weighted by Crippen LogP contribution is 2.18. The SMILES string of the molecule is COC(=O)c1ccc(CC(C)NCC(O)c2ccc(C(O)CNC(C)Cc3ccc(C(=O)OC)cc3)cc2)cc1.O. The predicted molar refractivity (Wildman–Crippen MR) is 158 cm³/mol. The molecule has 0 spiro atoms. The molecule has 0 saturated carbocycles. The lowest BCUT2D eigenvalue weighted by atomic mass is 10.0. The summed E-state index contributed by atoms with van der Waals surface area (Å²) < 4.78 is 9.46. The van der Waals surface area contributed by atoms with E-state index in [1.807, 2.05) is 62.4 Å². The second kappa shape index (κ2) is 16.6. The van der Waals surface area contributed by atoms with Crippen LogP contribution in [0.4, 0.5) is 0 Å². The van der Waals surface area contributed by atoms with Gasteiger partial charge in [-0.3, -0.25) is 0 Å². The molecule has 0 saturated heterocycles. The molecule has 0 aliphatic heterocycles. The predicted octanol–water partition coefficient (Wildman–Crippen LogP) is 2.94. The monoisotopic (exact) mass is 566 g/mol. The van der Waals surface area contributed by atoms with E-state index < -0.39 is 12.2 Å². The third-order valence-corrected chi connectivity index (χ3v) is 6.86. The Morgan fingerprint density at radius 1 is 0.634 bits per heavy atom. The molecule has 0 fully saturated rings. The van der Waals surface area contributed by atoms with Crippen molar-refractivity contribution in [3.8, 4) is 0 Å². The number of hydrogen-bond acceptors (Lipinski definition) is 8. The second-order valence-electron chi connectivity index (χ2n) is 10.1. The Labute approximate surface area is 241 Å². The van der Waals surface area contributed by atoms with E-state index in [1.54, 1.807) is 24.3 Å². The van der Waals surface area contributed by atoms with Gasteiger partial charge in [-0.1, -0.05) is 48.5 Å². The summed E-state index contributed by atoms with van der Waals surface area (Å²) >= 11 is 0. The number of methoxy groups -OCH3 is 2. The molecule has 6 N–H and O–H groups in total. The molecule has 0 aliphatic carbocycles. The van der Waals surface area contributed by atoms with Crippen molar-refractivity contribution in [3.63, 3.8) is 0 Å². The average molecular weight is 567 g/mol. The lowest BCUT2D eigenvalue weighted by molar-refractivity contribution is 0.0592. The van der Waals surface area contributed by atoms with Crippen LogP contribution in [-0.4, -0.2) is 67.0 Å². The number of aliphatic hydroxyl groups is 2. The van der Waals surface area contributed by atoms with Crippen LogP contribution in [0.5, 0.6) is 0 Å². The Bertz CT molecular complexity index is 1120. The number of carbonyl (C=O) groups excluding carboxylic acids is 2. The van der Waals surface area contributed by atoms with Gasteiger partial charge in [0, 0.05) is 25.2 Å². The first-order valence-electron chi connectivity index (χ1n) is 13.5. The van der Waals surface area contributed by atoms with Crippen molar-refractivity contribution in [3.05, 3.63) is 106 Å². The number of carbonyl (C=O) groups is 2. The van der Waals surface area contributed by atoms with Crippen LogP contribution in [0, 0.1) is 0 Å². The molecule has 9 heteroatoms. The molecule has 4 atom stereocenters. The summed E-state index contributed by atoms with van der Waals surface area (Å²) in [6.07, 6.45) is 0.144. The van der Waals surface area contributed by atoms with Gasteiger partial charge in [-0.25, -0.2) is 9.59 Å². The van der Waals surface area contributed by atoms with E-state index in [1.165, 1.54) is 14.2 Å². The van der Waals surface area contributed by atoms with Crippen molar-refractivity contribution < 1.29 is 34.8 Å². The molecule has 0 radical (unpaired) electrons. The van der Waals surface area contributed by atoms with Crippen LogP contribution in [0.1, 0.15) is 69.0 Å². The Hall–Kier alpha value is -3.60. The minimum Gasteiger partial charge on any atom is -0.465 e. The molecule has 3 aromatic rings.